The smallest absolute Gasteiger partial charge is 0.205 e. The predicted molar refractivity (Wildman–Crippen MR) is 98.4 cm³/mol. The molecule has 0 atom stereocenters. The van der Waals surface area contributed by atoms with Gasteiger partial charge in [-0.05, 0) is 50.5 Å². The van der Waals surface area contributed by atoms with Crippen molar-refractivity contribution in [1.29, 1.82) is 5.26 Å². The second kappa shape index (κ2) is 5.78. The number of hydrogen-bond acceptors (Lipinski definition) is 2. The molecule has 4 nitrogen and oxygen atoms in total. The minimum absolute atomic E-state index is 0.167. The van der Waals surface area contributed by atoms with E-state index in [1.807, 2.05) is 24.3 Å². The van der Waals surface area contributed by atoms with Gasteiger partial charge in [0.05, 0.1) is 0 Å². The van der Waals surface area contributed by atoms with Gasteiger partial charge in [-0.15, -0.1) is 0 Å². The number of rotatable bonds is 4. The van der Waals surface area contributed by atoms with Crippen molar-refractivity contribution in [3.63, 3.8) is 0 Å². The highest BCUT2D eigenvalue weighted by molar-refractivity contribution is 6.19. The van der Waals surface area contributed by atoms with Crippen molar-refractivity contribution in [2.24, 2.45) is 0 Å². The molecule has 25 heavy (non-hydrogen) atoms. The van der Waals surface area contributed by atoms with Crippen molar-refractivity contribution in [3.8, 4) is 6.07 Å². The van der Waals surface area contributed by atoms with Crippen molar-refractivity contribution < 1.29 is 4.79 Å². The molecule has 0 saturated heterocycles. The number of Topliss-reactive ketones (excluding diaryl/α,β-unsaturated/α-hetero) is 1. The highest BCUT2D eigenvalue weighted by Crippen LogP contribution is 2.38. The summed E-state index contributed by atoms with van der Waals surface area (Å²) in [6.07, 6.45) is 5.83. The number of hydrogen-bond donors (Lipinski definition) is 1. The van der Waals surface area contributed by atoms with Gasteiger partial charge in [0, 0.05) is 40.1 Å². The van der Waals surface area contributed by atoms with Crippen LogP contribution in [0.4, 0.5) is 0 Å². The Labute approximate surface area is 146 Å². The Hall–Kier alpha value is -3.06. The van der Waals surface area contributed by atoms with Crippen LogP contribution in [0.1, 0.15) is 46.2 Å². The Morgan fingerprint density at radius 3 is 2.80 bits per heavy atom. The molecule has 0 spiro atoms. The molecule has 1 fully saturated rings. The van der Waals surface area contributed by atoms with Crippen LogP contribution in [0.5, 0.6) is 0 Å². The lowest BCUT2D eigenvalue weighted by atomic mass is 10.0. The summed E-state index contributed by atoms with van der Waals surface area (Å²) in [4.78, 5) is 16.0. The van der Waals surface area contributed by atoms with E-state index in [1.54, 1.807) is 12.3 Å². The number of H-pyrrole nitrogens is 1. The number of aromatic amines is 1. The Balaban J connectivity index is 1.75. The van der Waals surface area contributed by atoms with Crippen molar-refractivity contribution in [3.05, 3.63) is 64.6 Å². The summed E-state index contributed by atoms with van der Waals surface area (Å²) in [5.74, 6) is -0.240. The van der Waals surface area contributed by atoms with Gasteiger partial charge in [0.15, 0.2) is 0 Å². The summed E-state index contributed by atoms with van der Waals surface area (Å²) < 4.78 is 2.32. The van der Waals surface area contributed by atoms with E-state index in [4.69, 9.17) is 0 Å². The predicted octanol–water partition coefficient (Wildman–Crippen LogP) is 4.71. The molecule has 0 aliphatic heterocycles. The van der Waals surface area contributed by atoms with Gasteiger partial charge in [-0.2, -0.15) is 5.26 Å². The SMILES string of the molecule is Cc1cc(/C=C(\C#N)C(=O)c2c[nH]c3ccccc23)c(C)n1C1CC1. The van der Waals surface area contributed by atoms with Gasteiger partial charge < -0.3 is 9.55 Å². The van der Waals surface area contributed by atoms with Crippen molar-refractivity contribution in [2.75, 3.05) is 0 Å². The van der Waals surface area contributed by atoms with E-state index in [9.17, 15) is 10.1 Å². The van der Waals surface area contributed by atoms with E-state index in [1.165, 1.54) is 18.5 Å². The highest BCUT2D eigenvalue weighted by atomic mass is 16.1. The topological polar surface area (TPSA) is 61.6 Å². The largest absolute Gasteiger partial charge is 0.360 e. The Morgan fingerprint density at radius 2 is 2.08 bits per heavy atom. The van der Waals surface area contributed by atoms with E-state index in [-0.39, 0.29) is 11.4 Å². The van der Waals surface area contributed by atoms with Crippen LogP contribution >= 0.6 is 0 Å². The number of nitriles is 1. The van der Waals surface area contributed by atoms with Crippen molar-refractivity contribution >= 4 is 22.8 Å². The maximum absolute atomic E-state index is 12.9. The number of fused-ring (bicyclic) bond motifs is 1. The van der Waals surface area contributed by atoms with E-state index in [0.717, 1.165) is 22.2 Å². The Morgan fingerprint density at radius 1 is 1.32 bits per heavy atom. The Kier molecular flexibility index (Phi) is 3.58. The van der Waals surface area contributed by atoms with Crippen LogP contribution in [0.15, 0.2) is 42.1 Å². The number of ketones is 1. The number of para-hydroxylation sites is 1. The van der Waals surface area contributed by atoms with Gasteiger partial charge in [0.25, 0.3) is 0 Å². The van der Waals surface area contributed by atoms with Crippen LogP contribution in [0.3, 0.4) is 0 Å². The molecule has 1 aliphatic rings. The number of nitrogens with zero attached hydrogens (tertiary/aromatic N) is 2. The maximum atomic E-state index is 12.9. The van der Waals surface area contributed by atoms with Crippen molar-refractivity contribution in [2.45, 2.75) is 32.7 Å². The van der Waals surface area contributed by atoms with Gasteiger partial charge in [-0.1, -0.05) is 18.2 Å². The lowest BCUT2D eigenvalue weighted by Gasteiger charge is -2.06. The first-order valence-electron chi connectivity index (χ1n) is 8.51. The summed E-state index contributed by atoms with van der Waals surface area (Å²) in [7, 11) is 0. The summed E-state index contributed by atoms with van der Waals surface area (Å²) in [6.45, 7) is 4.14. The number of carbonyl (C=O) groups is 1. The molecule has 0 radical (unpaired) electrons. The van der Waals surface area contributed by atoms with Gasteiger partial charge >= 0.3 is 0 Å². The molecular formula is C21H19N3O. The molecule has 124 valence electrons. The van der Waals surface area contributed by atoms with E-state index >= 15 is 0 Å². The molecule has 1 saturated carbocycles. The van der Waals surface area contributed by atoms with Crippen molar-refractivity contribution in [1.82, 2.24) is 9.55 Å². The quantitative estimate of drug-likeness (QED) is 0.428. The highest BCUT2D eigenvalue weighted by Gasteiger charge is 2.27. The molecule has 2 aromatic heterocycles. The summed E-state index contributed by atoms with van der Waals surface area (Å²) in [5, 5.41) is 10.4. The molecule has 1 aromatic carbocycles. The molecule has 0 unspecified atom stereocenters. The summed E-state index contributed by atoms with van der Waals surface area (Å²) in [5.41, 5.74) is 4.87. The minimum atomic E-state index is -0.240. The number of nitrogens with one attached hydrogen (secondary N) is 1. The van der Waals surface area contributed by atoms with Crippen LogP contribution in [0.25, 0.3) is 17.0 Å². The van der Waals surface area contributed by atoms with Gasteiger partial charge in [0.2, 0.25) is 5.78 Å². The monoisotopic (exact) mass is 329 g/mol. The maximum Gasteiger partial charge on any atom is 0.205 e. The first kappa shape index (κ1) is 15.5. The Bertz CT molecular complexity index is 1050. The van der Waals surface area contributed by atoms with Gasteiger partial charge in [-0.25, -0.2) is 0 Å². The zero-order chi connectivity index (χ0) is 17.6. The third-order valence-electron chi connectivity index (χ3n) is 4.93. The van der Waals surface area contributed by atoms with Crippen LogP contribution in [0.2, 0.25) is 0 Å². The third-order valence-corrected chi connectivity index (χ3v) is 4.93. The molecule has 0 amide bonds. The average molecular weight is 329 g/mol. The first-order valence-corrected chi connectivity index (χ1v) is 8.51. The molecular weight excluding hydrogens is 310 g/mol. The molecule has 3 aromatic rings. The lowest BCUT2D eigenvalue weighted by Crippen LogP contribution is -2.02. The number of carbonyl (C=O) groups excluding carboxylic acids is 1. The third kappa shape index (κ3) is 2.58. The van der Waals surface area contributed by atoms with Crippen LogP contribution in [-0.4, -0.2) is 15.3 Å². The fourth-order valence-corrected chi connectivity index (χ4v) is 3.55. The minimum Gasteiger partial charge on any atom is -0.360 e. The normalized spacial score (nSPS) is 14.7. The van der Waals surface area contributed by atoms with Crippen LogP contribution < -0.4 is 0 Å². The molecule has 0 bridgehead atoms. The first-order chi connectivity index (χ1) is 12.1. The zero-order valence-corrected chi connectivity index (χ0v) is 14.3. The number of benzene rings is 1. The molecule has 1 N–H and O–H groups in total. The van der Waals surface area contributed by atoms with E-state index in [0.29, 0.717) is 11.6 Å². The second-order valence-electron chi connectivity index (χ2n) is 6.67. The van der Waals surface area contributed by atoms with E-state index in [2.05, 4.69) is 35.5 Å². The summed E-state index contributed by atoms with van der Waals surface area (Å²) >= 11 is 0. The van der Waals surface area contributed by atoms with Gasteiger partial charge in [-0.3, -0.25) is 4.79 Å². The van der Waals surface area contributed by atoms with Crippen LogP contribution in [0, 0.1) is 25.2 Å². The fourth-order valence-electron chi connectivity index (χ4n) is 3.55. The standard InChI is InChI=1S/C21H19N3O/c1-13-9-15(14(2)24(13)17-7-8-17)10-16(11-22)21(25)19-12-23-20-6-4-3-5-18(19)20/h3-6,9-10,12,17,23H,7-8H2,1-2H3/b16-10+. The molecule has 4 rings (SSSR count). The molecule has 4 heteroatoms. The van der Waals surface area contributed by atoms with Crippen LogP contribution in [-0.2, 0) is 0 Å². The average Bonchev–Trinajstić information content (AvgIpc) is 3.28. The zero-order valence-electron chi connectivity index (χ0n) is 14.3. The molecule has 2 heterocycles. The lowest BCUT2D eigenvalue weighted by molar-refractivity contribution is 0.104. The van der Waals surface area contributed by atoms with E-state index < -0.39 is 0 Å². The number of aryl methyl sites for hydroxylation is 1. The fraction of sp³-hybridized carbons (Fsp3) is 0.238. The number of aromatic nitrogens is 2. The van der Waals surface area contributed by atoms with Gasteiger partial charge in [0.1, 0.15) is 11.6 Å². The summed E-state index contributed by atoms with van der Waals surface area (Å²) in [6, 6.07) is 12.4. The second-order valence-corrected chi connectivity index (χ2v) is 6.67. The number of allylic oxidation sites excluding steroid dienone is 1. The molecule has 1 aliphatic carbocycles.